The number of nitrogens with one attached hydrogen (secondary N) is 2. The van der Waals surface area contributed by atoms with E-state index in [0.717, 1.165) is 58.1 Å². The van der Waals surface area contributed by atoms with Crippen LogP contribution in [0.25, 0.3) is 0 Å². The Balaban J connectivity index is 2.13. The van der Waals surface area contributed by atoms with Gasteiger partial charge in [-0.1, -0.05) is 60.5 Å². The number of ether oxygens (including phenoxy) is 1. The molecule has 0 saturated carbocycles. The molecule has 0 spiro atoms. The molecule has 2 fully saturated rings. The maximum atomic E-state index is 14.1. The summed E-state index contributed by atoms with van der Waals surface area (Å²) in [5, 5.41) is 6.12. The summed E-state index contributed by atoms with van der Waals surface area (Å²) in [6.45, 7) is 21.3. The van der Waals surface area contributed by atoms with E-state index in [4.69, 9.17) is 4.74 Å². The molecule has 2 aliphatic rings. The normalized spacial score (nSPS) is 21.0. The first-order chi connectivity index (χ1) is 21.6. The molecule has 2 rings (SSSR count). The van der Waals surface area contributed by atoms with Crippen LogP contribution in [0.15, 0.2) is 11.6 Å². The van der Waals surface area contributed by atoms with Crippen molar-refractivity contribution in [2.45, 2.75) is 144 Å². The summed E-state index contributed by atoms with van der Waals surface area (Å²) in [6.07, 6.45) is 8.97. The first-order valence-electron chi connectivity index (χ1n) is 17.8. The largest absolute Gasteiger partial charge is 0.381 e. The summed E-state index contributed by atoms with van der Waals surface area (Å²) in [5.41, 5.74) is -0.0138. The van der Waals surface area contributed by atoms with E-state index in [1.54, 1.807) is 23.8 Å². The number of carbonyl (C=O) groups is 4. The molecule has 2 heterocycles. The van der Waals surface area contributed by atoms with E-state index >= 15 is 0 Å². The van der Waals surface area contributed by atoms with Gasteiger partial charge in [0.15, 0.2) is 0 Å². The minimum atomic E-state index is -0.727. The van der Waals surface area contributed by atoms with Crippen molar-refractivity contribution in [1.29, 1.82) is 0 Å². The SMILES string of the molecule is CCCCOCCCNC(=O)[C@@H]1CCCN1C(=O)/C(C)=C/C(C(C)C)N(C)C(=O)[C@@H](NC(=O)[C@H]1CCCCN1C(C)C)C(C)(C)C. The van der Waals surface area contributed by atoms with Crippen LogP contribution in [0.5, 0.6) is 0 Å². The highest BCUT2D eigenvalue weighted by atomic mass is 16.5. The summed E-state index contributed by atoms with van der Waals surface area (Å²) in [5.74, 6) is -0.572. The lowest BCUT2D eigenvalue weighted by molar-refractivity contribution is -0.142. The van der Waals surface area contributed by atoms with E-state index < -0.39 is 17.5 Å². The van der Waals surface area contributed by atoms with E-state index in [9.17, 15) is 19.2 Å². The molecule has 4 amide bonds. The molecule has 4 atom stereocenters. The van der Waals surface area contributed by atoms with Gasteiger partial charge in [0.25, 0.3) is 0 Å². The monoisotopic (exact) mass is 647 g/mol. The van der Waals surface area contributed by atoms with Crippen molar-refractivity contribution in [2.24, 2.45) is 11.3 Å². The molecule has 2 N–H and O–H groups in total. The maximum Gasteiger partial charge on any atom is 0.249 e. The van der Waals surface area contributed by atoms with Gasteiger partial charge in [0.2, 0.25) is 23.6 Å². The standard InChI is InChI=1S/C36H65N5O5/c1-11-12-22-46-23-16-19-37-32(42)28-18-15-21-41(28)34(44)27(6)24-30(25(2)3)39(10)35(45)31(36(7,8)9)38-33(43)29-17-13-14-20-40(29)26(4)5/h24-26,28-31H,11-23H2,1-10H3,(H,37,42)(H,38,43)/b27-24+/t28-,29+,30?,31+/m0/s1. The molecule has 0 aromatic rings. The minimum Gasteiger partial charge on any atom is -0.381 e. The van der Waals surface area contributed by atoms with Gasteiger partial charge in [0.05, 0.1) is 12.1 Å². The van der Waals surface area contributed by atoms with Gasteiger partial charge in [0, 0.05) is 45.0 Å². The van der Waals surface area contributed by atoms with Crippen molar-refractivity contribution in [3.63, 3.8) is 0 Å². The number of hydrogen-bond acceptors (Lipinski definition) is 6. The fourth-order valence-electron chi connectivity index (χ4n) is 6.53. The number of nitrogens with zero attached hydrogens (tertiary/aromatic N) is 3. The highest BCUT2D eigenvalue weighted by molar-refractivity contribution is 5.97. The Hall–Kier alpha value is -2.46. The lowest BCUT2D eigenvalue weighted by atomic mass is 9.84. The summed E-state index contributed by atoms with van der Waals surface area (Å²) in [7, 11) is 1.76. The number of piperidine rings is 1. The smallest absolute Gasteiger partial charge is 0.249 e. The molecule has 0 aromatic heterocycles. The maximum absolute atomic E-state index is 14.1. The zero-order valence-corrected chi connectivity index (χ0v) is 30.6. The third-order valence-corrected chi connectivity index (χ3v) is 9.37. The van der Waals surface area contributed by atoms with Crippen molar-refractivity contribution in [3.8, 4) is 0 Å². The number of amides is 4. The summed E-state index contributed by atoms with van der Waals surface area (Å²) in [6, 6.07) is -1.60. The minimum absolute atomic E-state index is 0.0139. The lowest BCUT2D eigenvalue weighted by Crippen LogP contribution is -2.60. The summed E-state index contributed by atoms with van der Waals surface area (Å²) >= 11 is 0. The van der Waals surface area contributed by atoms with Crippen molar-refractivity contribution in [3.05, 3.63) is 11.6 Å². The molecule has 0 aromatic carbocycles. The number of unbranched alkanes of at least 4 members (excludes halogenated alkanes) is 1. The Morgan fingerprint density at radius 3 is 2.20 bits per heavy atom. The molecule has 10 nitrogen and oxygen atoms in total. The molecule has 1 unspecified atom stereocenters. The third-order valence-electron chi connectivity index (χ3n) is 9.37. The van der Waals surface area contributed by atoms with Crippen molar-refractivity contribution >= 4 is 23.6 Å². The van der Waals surface area contributed by atoms with E-state index in [0.29, 0.717) is 31.7 Å². The average molecular weight is 648 g/mol. The molecular weight excluding hydrogens is 582 g/mol. The fraction of sp³-hybridized carbons (Fsp3) is 0.833. The van der Waals surface area contributed by atoms with Crippen LogP contribution in [-0.4, -0.2) is 108 Å². The van der Waals surface area contributed by atoms with Gasteiger partial charge in [0.1, 0.15) is 12.1 Å². The average Bonchev–Trinajstić information content (AvgIpc) is 3.50. The van der Waals surface area contributed by atoms with Gasteiger partial charge in [-0.2, -0.15) is 0 Å². The van der Waals surface area contributed by atoms with Crippen molar-refractivity contribution < 1.29 is 23.9 Å². The summed E-state index contributed by atoms with van der Waals surface area (Å²) in [4.78, 5) is 60.0. The Bertz CT molecular complexity index is 1040. The number of hydrogen-bond donors (Lipinski definition) is 2. The first-order valence-corrected chi connectivity index (χ1v) is 17.8. The second kappa shape index (κ2) is 18.8. The Morgan fingerprint density at radius 2 is 1.59 bits per heavy atom. The fourth-order valence-corrected chi connectivity index (χ4v) is 6.53. The van der Waals surface area contributed by atoms with Crippen LogP contribution in [0.3, 0.4) is 0 Å². The highest BCUT2D eigenvalue weighted by Gasteiger charge is 2.40. The Labute approximate surface area is 279 Å². The van der Waals surface area contributed by atoms with E-state index in [1.165, 1.54) is 0 Å². The second-order valence-corrected chi connectivity index (χ2v) is 15.0. The van der Waals surface area contributed by atoms with Gasteiger partial charge in [-0.3, -0.25) is 24.1 Å². The number of likely N-dealkylation sites (N-methyl/N-ethyl adjacent to an activating group) is 1. The zero-order valence-electron chi connectivity index (χ0n) is 30.6. The molecule has 10 heteroatoms. The molecule has 0 aliphatic carbocycles. The summed E-state index contributed by atoms with van der Waals surface area (Å²) < 4.78 is 5.58. The van der Waals surface area contributed by atoms with E-state index in [2.05, 4.69) is 36.3 Å². The van der Waals surface area contributed by atoms with E-state index in [-0.39, 0.29) is 47.7 Å². The van der Waals surface area contributed by atoms with Crippen LogP contribution in [0.1, 0.15) is 114 Å². The molecule has 46 heavy (non-hydrogen) atoms. The van der Waals surface area contributed by atoms with Crippen LogP contribution >= 0.6 is 0 Å². The van der Waals surface area contributed by atoms with Gasteiger partial charge >= 0.3 is 0 Å². The van der Waals surface area contributed by atoms with Crippen LogP contribution < -0.4 is 10.6 Å². The Morgan fingerprint density at radius 1 is 0.935 bits per heavy atom. The van der Waals surface area contributed by atoms with Gasteiger partial charge in [-0.05, 0) is 77.2 Å². The quantitative estimate of drug-likeness (QED) is 0.188. The van der Waals surface area contributed by atoms with Crippen molar-refractivity contribution in [2.75, 3.05) is 39.9 Å². The third kappa shape index (κ3) is 11.4. The first kappa shape index (κ1) is 39.7. The molecule has 0 radical (unpaired) electrons. The number of carbonyl (C=O) groups excluding carboxylic acids is 4. The zero-order chi connectivity index (χ0) is 34.6. The predicted octanol–water partition coefficient (Wildman–Crippen LogP) is 4.52. The molecular formula is C36H65N5O5. The van der Waals surface area contributed by atoms with Crippen LogP contribution in [0.4, 0.5) is 0 Å². The van der Waals surface area contributed by atoms with Gasteiger partial charge < -0.3 is 25.2 Å². The van der Waals surface area contributed by atoms with Crippen molar-refractivity contribution in [1.82, 2.24) is 25.3 Å². The highest BCUT2D eigenvalue weighted by Crippen LogP contribution is 2.27. The van der Waals surface area contributed by atoms with Gasteiger partial charge in [-0.15, -0.1) is 0 Å². The predicted molar refractivity (Wildman–Crippen MR) is 184 cm³/mol. The van der Waals surface area contributed by atoms with Gasteiger partial charge in [-0.25, -0.2) is 0 Å². The number of likely N-dealkylation sites (tertiary alicyclic amines) is 2. The molecule has 2 saturated heterocycles. The molecule has 2 aliphatic heterocycles. The molecule has 264 valence electrons. The van der Waals surface area contributed by atoms with Crippen LogP contribution in [0, 0.1) is 11.3 Å². The lowest BCUT2D eigenvalue weighted by Gasteiger charge is -2.41. The van der Waals surface area contributed by atoms with Crippen LogP contribution in [0.2, 0.25) is 0 Å². The number of rotatable bonds is 16. The Kier molecular flexibility index (Phi) is 16.2. The second-order valence-electron chi connectivity index (χ2n) is 15.0. The topological polar surface area (TPSA) is 111 Å². The van der Waals surface area contributed by atoms with E-state index in [1.807, 2.05) is 40.7 Å². The molecule has 0 bridgehead atoms. The van der Waals surface area contributed by atoms with Crippen LogP contribution in [-0.2, 0) is 23.9 Å².